The van der Waals surface area contributed by atoms with Gasteiger partial charge >= 0.3 is 0 Å². The third-order valence-corrected chi connectivity index (χ3v) is 11.1. The molecule has 26 heteroatoms. The van der Waals surface area contributed by atoms with Crippen LogP contribution in [0.15, 0.2) is 47.7 Å². The first-order valence-corrected chi connectivity index (χ1v) is 22.9. The Balaban J connectivity index is 0.000000140. The van der Waals surface area contributed by atoms with Crippen molar-refractivity contribution in [2.75, 3.05) is 108 Å². The molecular formula is C43H47Cl3N18O5. The Morgan fingerprint density at radius 1 is 0.623 bits per heavy atom. The van der Waals surface area contributed by atoms with Crippen LogP contribution in [0.5, 0.6) is 0 Å². The summed E-state index contributed by atoms with van der Waals surface area (Å²) >= 11 is 18.1. The summed E-state index contributed by atoms with van der Waals surface area (Å²) in [5, 5.41) is 4.80. The molecule has 23 nitrogen and oxygen atoms in total. The molecule has 7 aromatic heterocycles. The highest BCUT2D eigenvalue weighted by molar-refractivity contribution is 6.29. The van der Waals surface area contributed by atoms with E-state index in [1.54, 1.807) is 43.5 Å². The number of nitrogens with two attached hydrogens (primary N) is 1. The molecule has 0 atom stereocenters. The third kappa shape index (κ3) is 11.8. The summed E-state index contributed by atoms with van der Waals surface area (Å²) in [6, 6.07) is 10.5. The van der Waals surface area contributed by atoms with Gasteiger partial charge in [-0.15, -0.1) is 0 Å². The van der Waals surface area contributed by atoms with Crippen LogP contribution in [-0.2, 0) is 14.2 Å². The molecule has 0 spiro atoms. The van der Waals surface area contributed by atoms with Crippen molar-refractivity contribution in [3.8, 4) is 11.5 Å². The molecule has 360 valence electrons. The van der Waals surface area contributed by atoms with Crippen molar-refractivity contribution in [1.82, 2.24) is 64.5 Å². The fourth-order valence-corrected chi connectivity index (χ4v) is 7.84. The smallest absolute Gasteiger partial charge is 0.296 e. The Labute approximate surface area is 410 Å². The molecule has 69 heavy (non-hydrogen) atoms. The van der Waals surface area contributed by atoms with Crippen LogP contribution in [0.4, 0.5) is 17.5 Å². The van der Waals surface area contributed by atoms with Crippen molar-refractivity contribution in [3.05, 3.63) is 70.0 Å². The van der Waals surface area contributed by atoms with Crippen LogP contribution >= 0.6 is 34.8 Å². The van der Waals surface area contributed by atoms with Crippen molar-refractivity contribution in [2.24, 2.45) is 10.7 Å². The van der Waals surface area contributed by atoms with Gasteiger partial charge in [-0.1, -0.05) is 0 Å². The number of anilines is 3. The molecule has 2 N–H and O–H groups in total. The molecule has 3 fully saturated rings. The number of morpholine rings is 3. The number of pyridine rings is 3. The van der Waals surface area contributed by atoms with Crippen LogP contribution in [0.25, 0.3) is 44.6 Å². The number of hydrogen-bond acceptors (Lipinski definition) is 19. The molecule has 0 saturated carbocycles. The Morgan fingerprint density at radius 3 is 1.48 bits per heavy atom. The summed E-state index contributed by atoms with van der Waals surface area (Å²) in [6.45, 7) is 12.1. The molecule has 0 aromatic carbocycles. The molecule has 0 radical (unpaired) electrons. The van der Waals surface area contributed by atoms with E-state index in [0.29, 0.717) is 111 Å². The number of halogens is 3. The predicted octanol–water partition coefficient (Wildman–Crippen LogP) is 4.21. The summed E-state index contributed by atoms with van der Waals surface area (Å²) in [5.74, 6) is 1.66. The minimum Gasteiger partial charge on any atom is -0.378 e. The zero-order valence-electron chi connectivity index (χ0n) is 38.0. The maximum absolute atomic E-state index is 12.2. The fourth-order valence-electron chi connectivity index (χ4n) is 7.33. The van der Waals surface area contributed by atoms with Gasteiger partial charge in [0, 0.05) is 59.4 Å². The van der Waals surface area contributed by atoms with Crippen LogP contribution < -0.4 is 20.4 Å². The normalized spacial score (nSPS) is 15.3. The van der Waals surface area contributed by atoms with Gasteiger partial charge in [-0.05, 0) is 85.0 Å². The number of carbonyl (C=O) groups is 2. The van der Waals surface area contributed by atoms with Crippen LogP contribution in [0.1, 0.15) is 40.9 Å². The summed E-state index contributed by atoms with van der Waals surface area (Å²) in [7, 11) is 3.58. The Kier molecular flexibility index (Phi) is 15.7. The standard InChI is InChI=1S/C16H18ClN7O.C15H17ClN6O2.C12H12ClN5O2/c1-10(2)24-14(18-9-19-24)12-4-3-11-13(20-12)15(22-16(17)21-11)23-5-7-25-8-6-23;1-21(2)9-17-14(23)11-4-3-10-12(18-11)13(20-15(16)19-10)22-5-7-24-8-6-22;13-12-16-7-1-2-8(10(14)19)15-9(7)11(17-12)18-3-5-20-6-4-18/h3-4,9-10H,5-8H2,1-2H3;3-4,9H,5-8H2,1-2H3;1-2H,3-6H2,(H2,14,19). The van der Waals surface area contributed by atoms with Crippen molar-refractivity contribution < 1.29 is 23.8 Å². The Bertz CT molecular complexity index is 3000. The Hall–Kier alpha value is -6.63. The molecule has 7 aromatic rings. The monoisotopic (exact) mass is 1000 g/mol. The third-order valence-electron chi connectivity index (χ3n) is 10.6. The number of carbonyl (C=O) groups excluding carboxylic acids is 2. The predicted molar refractivity (Wildman–Crippen MR) is 261 cm³/mol. The summed E-state index contributed by atoms with van der Waals surface area (Å²) in [4.78, 5) is 78.5. The van der Waals surface area contributed by atoms with Gasteiger partial charge < -0.3 is 39.5 Å². The number of primary amides is 1. The number of aromatic nitrogens is 12. The second-order valence-electron chi connectivity index (χ2n) is 15.9. The zero-order chi connectivity index (χ0) is 48.6. The lowest BCUT2D eigenvalue weighted by Crippen LogP contribution is -2.37. The maximum Gasteiger partial charge on any atom is 0.296 e. The number of nitrogens with zero attached hydrogens (tertiary/aromatic N) is 17. The molecule has 3 aliphatic heterocycles. The van der Waals surface area contributed by atoms with E-state index in [2.05, 4.69) is 73.7 Å². The average Bonchev–Trinajstić information content (AvgIpc) is 3.87. The topological polar surface area (TPSA) is 260 Å². The van der Waals surface area contributed by atoms with E-state index < -0.39 is 11.8 Å². The minimum atomic E-state index is -0.588. The van der Waals surface area contributed by atoms with Gasteiger partial charge in [-0.3, -0.25) is 9.59 Å². The second kappa shape index (κ2) is 22.2. The highest BCUT2D eigenvalue weighted by atomic mass is 35.5. The lowest BCUT2D eigenvalue weighted by atomic mass is 10.2. The number of amides is 2. The van der Waals surface area contributed by atoms with Gasteiger partial charge in [-0.25, -0.2) is 39.6 Å². The SMILES string of the molecule is CC(C)n1ncnc1-c1ccc2nc(Cl)nc(N3CCOCC3)c2n1.CN(C)C=NC(=O)c1ccc2nc(Cl)nc(N3CCOCC3)c2n1.NC(=O)c1ccc2nc(Cl)nc(N3CCOCC3)c2n1. The van der Waals surface area contributed by atoms with E-state index in [9.17, 15) is 9.59 Å². The van der Waals surface area contributed by atoms with E-state index in [1.807, 2.05) is 26.6 Å². The Morgan fingerprint density at radius 2 is 1.04 bits per heavy atom. The lowest BCUT2D eigenvalue weighted by molar-refractivity contribution is 0.0988. The molecular weight excluding hydrogens is 955 g/mol. The fraction of sp³-hybridized carbons (Fsp3) is 0.395. The molecule has 3 aliphatic rings. The lowest BCUT2D eigenvalue weighted by Gasteiger charge is -2.28. The highest BCUT2D eigenvalue weighted by Crippen LogP contribution is 2.29. The van der Waals surface area contributed by atoms with Crippen molar-refractivity contribution >= 4 is 104 Å². The van der Waals surface area contributed by atoms with E-state index in [1.165, 1.54) is 12.4 Å². The van der Waals surface area contributed by atoms with E-state index in [4.69, 9.17) is 59.7 Å². The maximum atomic E-state index is 12.2. The zero-order valence-corrected chi connectivity index (χ0v) is 40.3. The van der Waals surface area contributed by atoms with E-state index >= 15 is 0 Å². The summed E-state index contributed by atoms with van der Waals surface area (Å²) < 4.78 is 18.0. The molecule has 0 aliphatic carbocycles. The minimum absolute atomic E-state index is 0.146. The largest absolute Gasteiger partial charge is 0.378 e. The molecule has 3 saturated heterocycles. The van der Waals surface area contributed by atoms with Gasteiger partial charge in [0.05, 0.1) is 62.5 Å². The second-order valence-corrected chi connectivity index (χ2v) is 17.0. The quantitative estimate of drug-likeness (QED) is 0.127. The molecule has 0 bridgehead atoms. The number of rotatable bonds is 8. The van der Waals surface area contributed by atoms with Crippen LogP contribution in [0.2, 0.25) is 15.9 Å². The highest BCUT2D eigenvalue weighted by Gasteiger charge is 2.23. The van der Waals surface area contributed by atoms with Gasteiger partial charge in [0.15, 0.2) is 23.3 Å². The van der Waals surface area contributed by atoms with Crippen molar-refractivity contribution in [1.29, 1.82) is 0 Å². The van der Waals surface area contributed by atoms with Gasteiger partial charge in [0.1, 0.15) is 40.0 Å². The number of aliphatic imine (C=N–C) groups is 1. The number of ether oxygens (including phenoxy) is 3. The van der Waals surface area contributed by atoms with Gasteiger partial charge in [-0.2, -0.15) is 25.0 Å². The van der Waals surface area contributed by atoms with Gasteiger partial charge in [0.25, 0.3) is 11.8 Å². The first-order chi connectivity index (χ1) is 33.3. The van der Waals surface area contributed by atoms with E-state index in [-0.39, 0.29) is 33.3 Å². The average molecular weight is 1000 g/mol. The number of fused-ring (bicyclic) bond motifs is 3. The van der Waals surface area contributed by atoms with E-state index in [0.717, 1.165) is 30.4 Å². The van der Waals surface area contributed by atoms with Gasteiger partial charge in [0.2, 0.25) is 15.9 Å². The number of hydrogen-bond donors (Lipinski definition) is 1. The van der Waals surface area contributed by atoms with Crippen LogP contribution in [0.3, 0.4) is 0 Å². The van der Waals surface area contributed by atoms with Crippen molar-refractivity contribution in [2.45, 2.75) is 19.9 Å². The van der Waals surface area contributed by atoms with Crippen LogP contribution in [0, 0.1) is 0 Å². The van der Waals surface area contributed by atoms with Crippen molar-refractivity contribution in [3.63, 3.8) is 0 Å². The first-order valence-electron chi connectivity index (χ1n) is 21.8. The summed E-state index contributed by atoms with van der Waals surface area (Å²) in [6.07, 6.45) is 2.98. The van der Waals surface area contributed by atoms with Crippen LogP contribution in [-0.4, -0.2) is 176 Å². The summed E-state index contributed by atoms with van der Waals surface area (Å²) in [5.41, 5.74) is 10.1. The first kappa shape index (κ1) is 48.8. The molecule has 10 heterocycles. The molecule has 2 amide bonds. The molecule has 0 unspecified atom stereocenters. The molecule has 10 rings (SSSR count).